The van der Waals surface area contributed by atoms with Gasteiger partial charge in [-0.3, -0.25) is 4.98 Å². The van der Waals surface area contributed by atoms with Crippen LogP contribution >= 0.6 is 23.2 Å². The molecule has 0 fully saturated rings. The normalized spacial score (nSPS) is 11.6. The number of imidazole rings is 1. The van der Waals surface area contributed by atoms with Crippen molar-refractivity contribution < 1.29 is 15.0 Å². The zero-order valence-electron chi connectivity index (χ0n) is 16.1. The summed E-state index contributed by atoms with van der Waals surface area (Å²) in [5.74, 6) is -0.789. The molecule has 0 radical (unpaired) electrons. The minimum Gasteiger partial charge on any atom is -0.477 e. The first-order valence-electron chi connectivity index (χ1n) is 9.21. The number of benzene rings is 1. The Labute approximate surface area is 178 Å². The topological polar surface area (TPSA) is 88.2 Å². The summed E-state index contributed by atoms with van der Waals surface area (Å²) in [7, 11) is 0. The molecule has 2 N–H and O–H groups in total. The molecule has 0 aliphatic rings. The number of aliphatic hydroxyl groups is 1. The summed E-state index contributed by atoms with van der Waals surface area (Å²) >= 11 is 12.4. The quantitative estimate of drug-likeness (QED) is 0.546. The first kappa shape index (κ1) is 21.3. The lowest BCUT2D eigenvalue weighted by molar-refractivity contribution is 0.0219. The number of nitrogens with zero attached hydrogens (tertiary/aromatic N) is 3. The minimum atomic E-state index is -1.37. The van der Waals surface area contributed by atoms with E-state index >= 15 is 0 Å². The van der Waals surface area contributed by atoms with Gasteiger partial charge in [0.05, 0.1) is 6.54 Å². The molecule has 6 nitrogen and oxygen atoms in total. The second kappa shape index (κ2) is 8.53. The van der Waals surface area contributed by atoms with Crippen LogP contribution in [0.25, 0.3) is 11.4 Å². The average Bonchev–Trinajstić information content (AvgIpc) is 3.11. The van der Waals surface area contributed by atoms with Crippen molar-refractivity contribution in [2.24, 2.45) is 0 Å². The van der Waals surface area contributed by atoms with Gasteiger partial charge in [0, 0.05) is 28.0 Å². The SMILES string of the molecule is CCC(O)(CC)c1nc(-c2cccnc2)n(Cc2cc(Cl)ccc2Cl)c1C(=O)O. The van der Waals surface area contributed by atoms with Gasteiger partial charge in [-0.25, -0.2) is 9.78 Å². The molecule has 0 aliphatic heterocycles. The molecule has 3 aromatic rings. The average molecular weight is 434 g/mol. The van der Waals surface area contributed by atoms with Gasteiger partial charge in [-0.1, -0.05) is 37.0 Å². The fourth-order valence-electron chi connectivity index (χ4n) is 3.28. The minimum absolute atomic E-state index is 0.0777. The van der Waals surface area contributed by atoms with E-state index in [0.29, 0.717) is 39.8 Å². The Kier molecular flexibility index (Phi) is 6.27. The predicted octanol–water partition coefficient (Wildman–Crippen LogP) is 5.01. The number of carboxylic acids is 1. The zero-order chi connectivity index (χ0) is 21.2. The Morgan fingerprint density at radius 2 is 1.93 bits per heavy atom. The first-order chi connectivity index (χ1) is 13.8. The van der Waals surface area contributed by atoms with Gasteiger partial charge in [-0.15, -0.1) is 0 Å². The molecular weight excluding hydrogens is 413 g/mol. The number of hydrogen-bond donors (Lipinski definition) is 2. The maximum Gasteiger partial charge on any atom is 0.354 e. The van der Waals surface area contributed by atoms with Crippen molar-refractivity contribution in [1.82, 2.24) is 14.5 Å². The van der Waals surface area contributed by atoms with Crippen LogP contribution in [0.2, 0.25) is 10.0 Å². The molecule has 0 saturated carbocycles. The van der Waals surface area contributed by atoms with Crippen LogP contribution in [0.5, 0.6) is 0 Å². The smallest absolute Gasteiger partial charge is 0.354 e. The molecular formula is C21H21Cl2N3O3. The van der Waals surface area contributed by atoms with E-state index in [0.717, 1.165) is 0 Å². The van der Waals surface area contributed by atoms with Gasteiger partial charge in [0.25, 0.3) is 0 Å². The molecule has 0 atom stereocenters. The largest absolute Gasteiger partial charge is 0.477 e. The van der Waals surface area contributed by atoms with Gasteiger partial charge < -0.3 is 14.8 Å². The molecule has 0 unspecified atom stereocenters. The molecule has 2 aromatic heterocycles. The van der Waals surface area contributed by atoms with Gasteiger partial charge in [-0.05, 0) is 48.7 Å². The first-order valence-corrected chi connectivity index (χ1v) is 9.97. The summed E-state index contributed by atoms with van der Waals surface area (Å²) in [6.45, 7) is 3.72. The molecule has 152 valence electrons. The number of halogens is 2. The van der Waals surface area contributed by atoms with E-state index in [1.165, 1.54) is 0 Å². The third kappa shape index (κ3) is 4.15. The number of pyridine rings is 1. The number of carbonyl (C=O) groups is 1. The van der Waals surface area contributed by atoms with Crippen LogP contribution in [0.1, 0.15) is 48.4 Å². The van der Waals surface area contributed by atoms with E-state index in [2.05, 4.69) is 9.97 Å². The third-order valence-corrected chi connectivity index (χ3v) is 5.64. The Morgan fingerprint density at radius 3 is 2.52 bits per heavy atom. The lowest BCUT2D eigenvalue weighted by Gasteiger charge is -2.24. The van der Waals surface area contributed by atoms with Crippen molar-refractivity contribution in [1.29, 1.82) is 0 Å². The second-order valence-corrected chi connectivity index (χ2v) is 7.58. The van der Waals surface area contributed by atoms with Crippen LogP contribution in [0.4, 0.5) is 0 Å². The van der Waals surface area contributed by atoms with E-state index in [4.69, 9.17) is 23.2 Å². The van der Waals surface area contributed by atoms with Crippen molar-refractivity contribution >= 4 is 29.2 Å². The monoisotopic (exact) mass is 433 g/mol. The van der Waals surface area contributed by atoms with E-state index in [1.807, 2.05) is 0 Å². The van der Waals surface area contributed by atoms with Crippen LogP contribution in [0, 0.1) is 0 Å². The Morgan fingerprint density at radius 1 is 1.21 bits per heavy atom. The van der Waals surface area contributed by atoms with E-state index in [-0.39, 0.29) is 17.9 Å². The highest BCUT2D eigenvalue weighted by Gasteiger charge is 2.36. The molecule has 0 saturated heterocycles. The van der Waals surface area contributed by atoms with Crippen molar-refractivity contribution in [2.75, 3.05) is 0 Å². The Bertz CT molecular complexity index is 1030. The molecule has 0 aliphatic carbocycles. The van der Waals surface area contributed by atoms with Crippen LogP contribution in [0.3, 0.4) is 0 Å². The number of hydrogen-bond acceptors (Lipinski definition) is 4. The highest BCUT2D eigenvalue weighted by atomic mass is 35.5. The van der Waals surface area contributed by atoms with Crippen LogP contribution < -0.4 is 0 Å². The highest BCUT2D eigenvalue weighted by molar-refractivity contribution is 6.33. The molecule has 0 spiro atoms. The molecule has 3 rings (SSSR count). The maximum atomic E-state index is 12.3. The van der Waals surface area contributed by atoms with Gasteiger partial charge in [0.15, 0.2) is 5.69 Å². The van der Waals surface area contributed by atoms with E-state index in [9.17, 15) is 15.0 Å². The van der Waals surface area contributed by atoms with Crippen LogP contribution in [0.15, 0.2) is 42.7 Å². The summed E-state index contributed by atoms with van der Waals surface area (Å²) in [6, 6.07) is 8.55. The molecule has 0 amide bonds. The van der Waals surface area contributed by atoms with Gasteiger partial charge in [0.2, 0.25) is 0 Å². The van der Waals surface area contributed by atoms with Crippen molar-refractivity contribution in [3.8, 4) is 11.4 Å². The molecule has 0 bridgehead atoms. The van der Waals surface area contributed by atoms with Crippen molar-refractivity contribution in [3.05, 3.63) is 69.7 Å². The summed E-state index contributed by atoms with van der Waals surface area (Å²) in [5, 5.41) is 22.0. The number of carboxylic acid groups (broad SMARTS) is 1. The third-order valence-electron chi connectivity index (χ3n) is 5.04. The predicted molar refractivity (Wildman–Crippen MR) is 112 cm³/mol. The fourth-order valence-corrected chi connectivity index (χ4v) is 3.66. The van der Waals surface area contributed by atoms with Gasteiger partial charge in [0.1, 0.15) is 17.1 Å². The number of rotatable bonds is 7. The summed E-state index contributed by atoms with van der Waals surface area (Å²) in [4.78, 5) is 21.0. The zero-order valence-corrected chi connectivity index (χ0v) is 17.6. The standard InChI is InChI=1S/C21H21Cl2N3O3/c1-3-21(29,4-2)18-17(20(27)28)26(12-14-10-15(22)7-8-16(14)23)19(25-18)13-6-5-9-24-11-13/h5-11,29H,3-4,12H2,1-2H3,(H,27,28). The van der Waals surface area contributed by atoms with Gasteiger partial charge >= 0.3 is 5.97 Å². The Balaban J connectivity index is 2.30. The van der Waals surface area contributed by atoms with Gasteiger partial charge in [-0.2, -0.15) is 0 Å². The second-order valence-electron chi connectivity index (χ2n) is 6.74. The van der Waals surface area contributed by atoms with Crippen LogP contribution in [-0.2, 0) is 12.1 Å². The summed E-state index contributed by atoms with van der Waals surface area (Å²) in [6.07, 6.45) is 3.87. The molecule has 8 heteroatoms. The molecule has 1 aromatic carbocycles. The van der Waals surface area contributed by atoms with Crippen LogP contribution in [-0.4, -0.2) is 30.7 Å². The van der Waals surface area contributed by atoms with Crippen molar-refractivity contribution in [3.63, 3.8) is 0 Å². The molecule has 29 heavy (non-hydrogen) atoms. The summed E-state index contributed by atoms with van der Waals surface area (Å²) in [5.41, 5.74) is -0.0343. The maximum absolute atomic E-state index is 12.3. The molecule has 2 heterocycles. The van der Waals surface area contributed by atoms with E-state index < -0.39 is 11.6 Å². The Hall–Kier alpha value is -2.41. The van der Waals surface area contributed by atoms with E-state index in [1.54, 1.807) is 61.1 Å². The lowest BCUT2D eigenvalue weighted by Crippen LogP contribution is -2.27. The number of aromatic nitrogens is 3. The fraction of sp³-hybridized carbons (Fsp3) is 0.286. The highest BCUT2D eigenvalue weighted by Crippen LogP contribution is 2.35. The van der Waals surface area contributed by atoms with Crippen molar-refractivity contribution in [2.45, 2.75) is 38.8 Å². The number of aromatic carboxylic acids is 1. The lowest BCUT2D eigenvalue weighted by atomic mass is 9.92. The summed E-state index contributed by atoms with van der Waals surface area (Å²) < 4.78 is 1.54.